The Morgan fingerprint density at radius 3 is 2.29 bits per heavy atom. The molecular formula is C26H43NO. The van der Waals surface area contributed by atoms with Crippen LogP contribution in [-0.2, 0) is 4.79 Å². The van der Waals surface area contributed by atoms with Crippen LogP contribution in [0.5, 0.6) is 0 Å². The molecule has 0 aliphatic heterocycles. The number of hydrogen-bond donors (Lipinski definition) is 1. The highest BCUT2D eigenvalue weighted by Crippen LogP contribution is 2.17. The van der Waals surface area contributed by atoms with Crippen LogP contribution < -0.4 is 5.32 Å². The number of nitrogens with one attached hydrogen (secondary N) is 1. The molecule has 1 N–H and O–H groups in total. The number of carbonyl (C=O) groups excluding carboxylic acids is 1. The number of rotatable bonds is 15. The van der Waals surface area contributed by atoms with Crippen molar-refractivity contribution in [3.63, 3.8) is 0 Å². The van der Waals surface area contributed by atoms with Crippen molar-refractivity contribution in [2.24, 2.45) is 5.92 Å². The summed E-state index contributed by atoms with van der Waals surface area (Å²) in [5, 5.41) is 3.15. The number of amides is 1. The summed E-state index contributed by atoms with van der Waals surface area (Å²) in [4.78, 5) is 11.8. The van der Waals surface area contributed by atoms with Gasteiger partial charge >= 0.3 is 0 Å². The Morgan fingerprint density at radius 2 is 1.54 bits per heavy atom. The molecule has 0 aromatic carbocycles. The van der Waals surface area contributed by atoms with Crippen LogP contribution in [0.1, 0.15) is 97.3 Å². The van der Waals surface area contributed by atoms with Gasteiger partial charge in [-0.05, 0) is 57.3 Å². The van der Waals surface area contributed by atoms with Crippen molar-refractivity contribution in [1.29, 1.82) is 0 Å². The summed E-state index contributed by atoms with van der Waals surface area (Å²) in [7, 11) is 0. The van der Waals surface area contributed by atoms with Gasteiger partial charge in [-0.3, -0.25) is 4.79 Å². The first-order chi connectivity index (χ1) is 13.7. The highest BCUT2D eigenvalue weighted by atomic mass is 16.1. The van der Waals surface area contributed by atoms with Crippen molar-refractivity contribution in [2.45, 2.75) is 103 Å². The fourth-order valence-electron chi connectivity index (χ4n) is 3.49. The molecule has 0 spiro atoms. The topological polar surface area (TPSA) is 29.1 Å². The van der Waals surface area contributed by atoms with Gasteiger partial charge in [-0.15, -0.1) is 0 Å². The van der Waals surface area contributed by atoms with E-state index in [1.54, 1.807) is 0 Å². The molecule has 1 rings (SSSR count). The molecule has 1 amide bonds. The molecule has 0 aromatic rings. The molecule has 1 fully saturated rings. The van der Waals surface area contributed by atoms with Gasteiger partial charge in [-0.1, -0.05) is 88.1 Å². The van der Waals surface area contributed by atoms with E-state index < -0.39 is 0 Å². The molecule has 1 aliphatic rings. The molecule has 0 unspecified atom stereocenters. The van der Waals surface area contributed by atoms with E-state index in [0.717, 1.165) is 25.7 Å². The molecule has 0 aromatic heterocycles. The summed E-state index contributed by atoms with van der Waals surface area (Å²) >= 11 is 0. The van der Waals surface area contributed by atoms with Gasteiger partial charge in [-0.2, -0.15) is 0 Å². The van der Waals surface area contributed by atoms with Crippen molar-refractivity contribution in [3.8, 4) is 0 Å². The van der Waals surface area contributed by atoms with Crippen LogP contribution in [0.2, 0.25) is 0 Å². The summed E-state index contributed by atoms with van der Waals surface area (Å²) in [6.45, 7) is 4.49. The van der Waals surface area contributed by atoms with E-state index in [1.165, 1.54) is 51.4 Å². The molecule has 2 nitrogen and oxygen atoms in total. The maximum absolute atomic E-state index is 11.8. The van der Waals surface area contributed by atoms with Crippen molar-refractivity contribution in [3.05, 3.63) is 48.6 Å². The molecule has 1 atom stereocenters. The maximum atomic E-state index is 11.8. The predicted octanol–water partition coefficient (Wildman–Crippen LogP) is 7.44. The standard InChI is InChI=1S/C26H43NO/c1-3-4-5-11-14-19-24(2)20-15-12-9-7-6-8-10-13-16-23-26(28)27-25-21-17-18-22-25/h7-10,14-15,19-20,24-25H,3-6,11-13,16-18,21-23H2,1-2H3,(H,27,28)/b9-7-,10-8-,19-14-,20-15-/t24-/m0/s1. The SMILES string of the molecule is CCCCC/C=C\[C@H](C)/C=C\C/C=C\C/C=C\CCCC(=O)NC1CCCC1. The minimum absolute atomic E-state index is 0.233. The second kappa shape index (κ2) is 17.5. The van der Waals surface area contributed by atoms with E-state index in [0.29, 0.717) is 18.4 Å². The first-order valence-electron chi connectivity index (χ1n) is 11.6. The van der Waals surface area contributed by atoms with Crippen molar-refractivity contribution in [2.75, 3.05) is 0 Å². The summed E-state index contributed by atoms with van der Waals surface area (Å²) in [6, 6.07) is 0.451. The molecule has 28 heavy (non-hydrogen) atoms. The summed E-state index contributed by atoms with van der Waals surface area (Å²) in [6.07, 6.45) is 32.7. The highest BCUT2D eigenvalue weighted by Gasteiger charge is 2.16. The molecule has 1 saturated carbocycles. The van der Waals surface area contributed by atoms with Crippen molar-refractivity contribution in [1.82, 2.24) is 5.32 Å². The Balaban J connectivity index is 1.96. The fraction of sp³-hybridized carbons (Fsp3) is 0.654. The fourth-order valence-corrected chi connectivity index (χ4v) is 3.49. The molecule has 0 radical (unpaired) electrons. The second-order valence-electron chi connectivity index (χ2n) is 8.07. The highest BCUT2D eigenvalue weighted by molar-refractivity contribution is 5.76. The number of allylic oxidation sites excluding steroid dienone is 8. The van der Waals surface area contributed by atoms with Gasteiger partial charge in [-0.25, -0.2) is 0 Å². The summed E-state index contributed by atoms with van der Waals surface area (Å²) < 4.78 is 0. The Bertz CT molecular complexity index is 495. The minimum Gasteiger partial charge on any atom is -0.353 e. The average molecular weight is 386 g/mol. The minimum atomic E-state index is 0.233. The van der Waals surface area contributed by atoms with Gasteiger partial charge in [0, 0.05) is 12.5 Å². The van der Waals surface area contributed by atoms with Crippen LogP contribution in [-0.4, -0.2) is 11.9 Å². The maximum Gasteiger partial charge on any atom is 0.220 e. The van der Waals surface area contributed by atoms with E-state index in [2.05, 4.69) is 67.8 Å². The summed E-state index contributed by atoms with van der Waals surface area (Å²) in [5.74, 6) is 0.762. The number of hydrogen-bond acceptors (Lipinski definition) is 1. The lowest BCUT2D eigenvalue weighted by Gasteiger charge is -2.11. The zero-order chi connectivity index (χ0) is 20.3. The van der Waals surface area contributed by atoms with Crippen LogP contribution in [0.3, 0.4) is 0 Å². The first kappa shape index (κ1) is 24.5. The predicted molar refractivity (Wildman–Crippen MR) is 123 cm³/mol. The Morgan fingerprint density at radius 1 is 0.893 bits per heavy atom. The quantitative estimate of drug-likeness (QED) is 0.230. The van der Waals surface area contributed by atoms with Gasteiger partial charge in [0.15, 0.2) is 0 Å². The van der Waals surface area contributed by atoms with Crippen LogP contribution in [0.25, 0.3) is 0 Å². The average Bonchev–Trinajstić information content (AvgIpc) is 3.18. The second-order valence-corrected chi connectivity index (χ2v) is 8.07. The molecule has 0 heterocycles. The zero-order valence-corrected chi connectivity index (χ0v) is 18.4. The zero-order valence-electron chi connectivity index (χ0n) is 18.4. The number of carbonyl (C=O) groups is 1. The van der Waals surface area contributed by atoms with E-state index in [4.69, 9.17) is 0 Å². The Labute approximate surface area is 174 Å². The van der Waals surface area contributed by atoms with Gasteiger partial charge in [0.25, 0.3) is 0 Å². The molecular weight excluding hydrogens is 342 g/mol. The first-order valence-corrected chi connectivity index (χ1v) is 11.6. The molecule has 0 saturated heterocycles. The molecule has 158 valence electrons. The lowest BCUT2D eigenvalue weighted by Crippen LogP contribution is -2.32. The van der Waals surface area contributed by atoms with Crippen molar-refractivity contribution < 1.29 is 4.79 Å². The van der Waals surface area contributed by atoms with Crippen LogP contribution >= 0.6 is 0 Å². The van der Waals surface area contributed by atoms with Gasteiger partial charge in [0.2, 0.25) is 5.91 Å². The van der Waals surface area contributed by atoms with Crippen molar-refractivity contribution >= 4 is 5.91 Å². The van der Waals surface area contributed by atoms with E-state index >= 15 is 0 Å². The molecule has 0 bridgehead atoms. The van der Waals surface area contributed by atoms with E-state index in [9.17, 15) is 4.79 Å². The Hall–Kier alpha value is -1.57. The third kappa shape index (κ3) is 14.5. The molecule has 1 aliphatic carbocycles. The van der Waals surface area contributed by atoms with Crippen LogP contribution in [0, 0.1) is 5.92 Å². The van der Waals surface area contributed by atoms with E-state index in [-0.39, 0.29) is 5.91 Å². The van der Waals surface area contributed by atoms with Gasteiger partial charge < -0.3 is 5.32 Å². The summed E-state index contributed by atoms with van der Waals surface area (Å²) in [5.41, 5.74) is 0. The van der Waals surface area contributed by atoms with E-state index in [1.807, 2.05) is 0 Å². The van der Waals surface area contributed by atoms with Crippen LogP contribution in [0.4, 0.5) is 0 Å². The third-order valence-corrected chi connectivity index (χ3v) is 5.23. The van der Waals surface area contributed by atoms with Crippen LogP contribution in [0.15, 0.2) is 48.6 Å². The monoisotopic (exact) mass is 385 g/mol. The van der Waals surface area contributed by atoms with Gasteiger partial charge in [0.05, 0.1) is 0 Å². The van der Waals surface area contributed by atoms with Gasteiger partial charge in [0.1, 0.15) is 0 Å². The Kier molecular flexibility index (Phi) is 15.3. The number of unbranched alkanes of at least 4 members (excludes halogenated alkanes) is 4. The molecule has 2 heteroatoms. The smallest absolute Gasteiger partial charge is 0.220 e. The third-order valence-electron chi connectivity index (χ3n) is 5.23. The normalized spacial score (nSPS) is 16.9. The lowest BCUT2D eigenvalue weighted by atomic mass is 10.1. The largest absolute Gasteiger partial charge is 0.353 e. The lowest BCUT2D eigenvalue weighted by molar-refractivity contribution is -0.121.